The molecule has 8 heteroatoms. The largest absolute Gasteiger partial charge is 0.339 e. The van der Waals surface area contributed by atoms with Crippen LogP contribution in [0.2, 0.25) is 0 Å². The molecule has 0 radical (unpaired) electrons. The van der Waals surface area contributed by atoms with Crippen molar-refractivity contribution in [2.45, 2.75) is 51.2 Å². The fourth-order valence-corrected chi connectivity index (χ4v) is 4.71. The minimum atomic E-state index is -0.388. The van der Waals surface area contributed by atoms with Gasteiger partial charge in [0.2, 0.25) is 17.7 Å². The lowest BCUT2D eigenvalue weighted by Crippen LogP contribution is -2.59. The minimum absolute atomic E-state index is 0. The van der Waals surface area contributed by atoms with Gasteiger partial charge in [-0.3, -0.25) is 14.4 Å². The molecule has 30 heavy (non-hydrogen) atoms. The first-order valence-corrected chi connectivity index (χ1v) is 10.7. The molecule has 4 rings (SSSR count). The molecule has 164 valence electrons. The number of piperazine rings is 1. The summed E-state index contributed by atoms with van der Waals surface area (Å²) in [5.41, 5.74) is 2.22. The number of nitrogens with zero attached hydrogens (tertiary/aromatic N) is 3. The zero-order valence-electron chi connectivity index (χ0n) is 17.5. The topological polar surface area (TPSA) is 73.0 Å². The maximum atomic E-state index is 13.3. The Morgan fingerprint density at radius 1 is 1.10 bits per heavy atom. The van der Waals surface area contributed by atoms with E-state index in [0.717, 1.165) is 24.9 Å². The predicted molar refractivity (Wildman–Crippen MR) is 116 cm³/mol. The van der Waals surface area contributed by atoms with E-state index in [2.05, 4.69) is 5.32 Å². The van der Waals surface area contributed by atoms with Crippen LogP contribution in [0.4, 0.5) is 0 Å². The quantitative estimate of drug-likeness (QED) is 0.776. The number of nitrogens with one attached hydrogen (secondary N) is 1. The van der Waals surface area contributed by atoms with Gasteiger partial charge >= 0.3 is 0 Å². The summed E-state index contributed by atoms with van der Waals surface area (Å²) in [6.45, 7) is 5.68. The van der Waals surface area contributed by atoms with E-state index in [1.807, 2.05) is 41.0 Å². The fraction of sp³-hybridized carbons (Fsp3) is 0.591. The molecule has 1 N–H and O–H groups in total. The normalized spacial score (nSPS) is 24.8. The van der Waals surface area contributed by atoms with Crippen molar-refractivity contribution in [3.8, 4) is 0 Å². The summed E-state index contributed by atoms with van der Waals surface area (Å²) >= 11 is 0. The predicted octanol–water partition coefficient (Wildman–Crippen LogP) is 1.33. The number of halogens is 1. The zero-order valence-corrected chi connectivity index (χ0v) is 18.3. The minimum Gasteiger partial charge on any atom is -0.339 e. The Balaban J connectivity index is 0.00000256. The summed E-state index contributed by atoms with van der Waals surface area (Å²) in [6, 6.07) is 7.81. The number of carbonyl (C=O) groups excluding carboxylic acids is 3. The maximum absolute atomic E-state index is 13.3. The van der Waals surface area contributed by atoms with Gasteiger partial charge in [-0.25, -0.2) is 0 Å². The molecule has 1 aromatic carbocycles. The van der Waals surface area contributed by atoms with Crippen LogP contribution in [0.15, 0.2) is 24.3 Å². The Hall–Kier alpha value is -2.12. The van der Waals surface area contributed by atoms with Crippen molar-refractivity contribution in [2.75, 3.05) is 32.7 Å². The Morgan fingerprint density at radius 3 is 2.60 bits per heavy atom. The van der Waals surface area contributed by atoms with Crippen molar-refractivity contribution in [3.05, 3.63) is 35.4 Å². The molecule has 3 heterocycles. The fourth-order valence-electron chi connectivity index (χ4n) is 4.71. The Kier molecular flexibility index (Phi) is 7.36. The molecule has 1 aromatic rings. The van der Waals surface area contributed by atoms with Crippen molar-refractivity contribution in [1.29, 1.82) is 0 Å². The van der Waals surface area contributed by atoms with Crippen LogP contribution in [0.3, 0.4) is 0 Å². The number of carbonyl (C=O) groups is 3. The lowest BCUT2D eigenvalue weighted by molar-refractivity contribution is -0.145. The lowest BCUT2D eigenvalue weighted by Gasteiger charge is -2.42. The number of amides is 3. The smallest absolute Gasteiger partial charge is 0.245 e. The third-order valence-corrected chi connectivity index (χ3v) is 6.36. The molecule has 7 nitrogen and oxygen atoms in total. The van der Waals surface area contributed by atoms with Crippen LogP contribution >= 0.6 is 12.4 Å². The Bertz CT molecular complexity index is 785. The van der Waals surface area contributed by atoms with Crippen LogP contribution in [-0.2, 0) is 20.9 Å². The Labute approximate surface area is 184 Å². The number of benzene rings is 1. The van der Waals surface area contributed by atoms with Crippen LogP contribution in [0.25, 0.3) is 0 Å². The summed E-state index contributed by atoms with van der Waals surface area (Å²) in [6.07, 6.45) is 2.84. The molecule has 3 saturated heterocycles. The number of rotatable bonds is 4. The van der Waals surface area contributed by atoms with Gasteiger partial charge in [-0.1, -0.05) is 29.8 Å². The van der Waals surface area contributed by atoms with Crippen LogP contribution in [0, 0.1) is 6.92 Å². The second-order valence-electron chi connectivity index (χ2n) is 8.41. The standard InChI is InChI=1S/C22H30N4O3.ClH/c1-16-4-6-17(7-5-16)14-26-19(8-9-20(26)27)22(29)24-11-2-3-18(15-24)25-12-10-23-13-21(25)28;/h4-7,18-19,23H,2-3,8-15H2,1H3;1H. The second kappa shape index (κ2) is 9.79. The number of piperidine rings is 1. The first kappa shape index (κ1) is 22.6. The number of likely N-dealkylation sites (tertiary alicyclic amines) is 2. The van der Waals surface area contributed by atoms with Crippen molar-refractivity contribution in [3.63, 3.8) is 0 Å². The van der Waals surface area contributed by atoms with E-state index in [4.69, 9.17) is 0 Å². The van der Waals surface area contributed by atoms with Crippen molar-refractivity contribution >= 4 is 30.1 Å². The molecule has 2 unspecified atom stereocenters. The summed E-state index contributed by atoms with van der Waals surface area (Å²) in [5.74, 6) is 0.206. The average Bonchev–Trinajstić information content (AvgIpc) is 3.10. The molecular formula is C22H31ClN4O3. The molecule has 0 aliphatic carbocycles. The van der Waals surface area contributed by atoms with E-state index in [0.29, 0.717) is 45.6 Å². The highest BCUT2D eigenvalue weighted by atomic mass is 35.5. The highest BCUT2D eigenvalue weighted by Crippen LogP contribution is 2.26. The summed E-state index contributed by atoms with van der Waals surface area (Å²) in [4.78, 5) is 43.6. The molecule has 2 atom stereocenters. The first-order chi connectivity index (χ1) is 14.0. The van der Waals surface area contributed by atoms with Gasteiger partial charge in [0, 0.05) is 45.2 Å². The number of hydrogen-bond donors (Lipinski definition) is 1. The van der Waals surface area contributed by atoms with Crippen molar-refractivity contribution < 1.29 is 14.4 Å². The molecule has 3 aliphatic rings. The zero-order chi connectivity index (χ0) is 20.4. The maximum Gasteiger partial charge on any atom is 0.245 e. The molecule has 0 bridgehead atoms. The third-order valence-electron chi connectivity index (χ3n) is 6.36. The molecular weight excluding hydrogens is 404 g/mol. The van der Waals surface area contributed by atoms with Gasteiger partial charge in [-0.2, -0.15) is 0 Å². The van der Waals surface area contributed by atoms with Gasteiger partial charge in [0.05, 0.1) is 6.54 Å². The van der Waals surface area contributed by atoms with E-state index in [1.54, 1.807) is 4.90 Å². The molecule has 0 spiro atoms. The van der Waals surface area contributed by atoms with E-state index in [-0.39, 0.29) is 42.2 Å². The van der Waals surface area contributed by atoms with Crippen LogP contribution < -0.4 is 5.32 Å². The molecule has 3 fully saturated rings. The molecule has 0 aromatic heterocycles. The summed E-state index contributed by atoms with van der Waals surface area (Å²) in [7, 11) is 0. The average molecular weight is 435 g/mol. The molecule has 3 aliphatic heterocycles. The third kappa shape index (κ3) is 4.78. The van der Waals surface area contributed by atoms with Gasteiger partial charge in [0.1, 0.15) is 6.04 Å². The SMILES string of the molecule is Cc1ccc(CN2C(=O)CCC2C(=O)N2CCCC(N3CCNCC3=O)C2)cc1.Cl. The Morgan fingerprint density at radius 2 is 1.87 bits per heavy atom. The highest BCUT2D eigenvalue weighted by molar-refractivity contribution is 5.91. The van der Waals surface area contributed by atoms with E-state index in [9.17, 15) is 14.4 Å². The van der Waals surface area contributed by atoms with Gasteiger partial charge in [-0.05, 0) is 31.7 Å². The second-order valence-corrected chi connectivity index (χ2v) is 8.41. The summed E-state index contributed by atoms with van der Waals surface area (Å²) < 4.78 is 0. The number of aryl methyl sites for hydroxylation is 1. The first-order valence-electron chi connectivity index (χ1n) is 10.7. The van der Waals surface area contributed by atoms with Crippen LogP contribution in [0.1, 0.15) is 36.8 Å². The number of hydrogen-bond acceptors (Lipinski definition) is 4. The van der Waals surface area contributed by atoms with E-state index < -0.39 is 0 Å². The van der Waals surface area contributed by atoms with Crippen molar-refractivity contribution in [1.82, 2.24) is 20.0 Å². The van der Waals surface area contributed by atoms with Crippen molar-refractivity contribution in [2.24, 2.45) is 0 Å². The molecule has 0 saturated carbocycles. The van der Waals surface area contributed by atoms with Crippen LogP contribution in [0.5, 0.6) is 0 Å². The summed E-state index contributed by atoms with van der Waals surface area (Å²) in [5, 5.41) is 3.10. The lowest BCUT2D eigenvalue weighted by atomic mass is 10.0. The molecule has 3 amide bonds. The van der Waals surface area contributed by atoms with E-state index in [1.165, 1.54) is 5.56 Å². The van der Waals surface area contributed by atoms with Crippen LogP contribution in [-0.4, -0.2) is 77.2 Å². The van der Waals surface area contributed by atoms with Gasteiger partial charge in [0.15, 0.2) is 0 Å². The van der Waals surface area contributed by atoms with Gasteiger partial charge < -0.3 is 20.0 Å². The van der Waals surface area contributed by atoms with Gasteiger partial charge in [-0.15, -0.1) is 12.4 Å². The monoisotopic (exact) mass is 434 g/mol. The van der Waals surface area contributed by atoms with Gasteiger partial charge in [0.25, 0.3) is 0 Å². The van der Waals surface area contributed by atoms with E-state index >= 15 is 0 Å². The highest BCUT2D eigenvalue weighted by Gasteiger charge is 2.40.